The van der Waals surface area contributed by atoms with Crippen LogP contribution in [-0.4, -0.2) is 35.7 Å². The van der Waals surface area contributed by atoms with E-state index in [2.05, 4.69) is 15.9 Å². The van der Waals surface area contributed by atoms with Crippen molar-refractivity contribution in [3.8, 4) is 5.75 Å². The van der Waals surface area contributed by atoms with Crippen LogP contribution < -0.4 is 4.74 Å². The lowest BCUT2D eigenvalue weighted by Gasteiger charge is -2.25. The molecule has 0 spiro atoms. The van der Waals surface area contributed by atoms with Crippen LogP contribution in [0.3, 0.4) is 0 Å². The Morgan fingerprint density at radius 2 is 2.11 bits per heavy atom. The van der Waals surface area contributed by atoms with Crippen molar-refractivity contribution < 1.29 is 14.6 Å². The Labute approximate surface area is 116 Å². The molecule has 1 rings (SSSR count). The van der Waals surface area contributed by atoms with Gasteiger partial charge in [0, 0.05) is 13.6 Å². The summed E-state index contributed by atoms with van der Waals surface area (Å²) in [5, 5.41) is 9.65. The molecule has 0 aliphatic carbocycles. The van der Waals surface area contributed by atoms with E-state index in [1.165, 1.54) is 18.7 Å². The second-order valence-electron chi connectivity index (χ2n) is 4.69. The van der Waals surface area contributed by atoms with Crippen molar-refractivity contribution in [2.45, 2.75) is 26.0 Å². The molecule has 0 unspecified atom stereocenters. The fourth-order valence-electron chi connectivity index (χ4n) is 1.62. The van der Waals surface area contributed by atoms with Crippen LogP contribution >= 0.6 is 15.9 Å². The predicted molar refractivity (Wildman–Crippen MR) is 73.5 cm³/mol. The first-order chi connectivity index (χ1) is 8.25. The van der Waals surface area contributed by atoms with Crippen LogP contribution in [-0.2, 0) is 11.3 Å². The van der Waals surface area contributed by atoms with E-state index in [1.807, 2.05) is 18.2 Å². The van der Waals surface area contributed by atoms with Gasteiger partial charge in [0.25, 0.3) is 5.91 Å². The van der Waals surface area contributed by atoms with Gasteiger partial charge in [0.05, 0.1) is 11.6 Å². The van der Waals surface area contributed by atoms with Crippen molar-refractivity contribution in [1.29, 1.82) is 0 Å². The minimum atomic E-state index is -1.35. The van der Waals surface area contributed by atoms with Gasteiger partial charge in [0.15, 0.2) is 0 Å². The van der Waals surface area contributed by atoms with Gasteiger partial charge < -0.3 is 14.7 Å². The van der Waals surface area contributed by atoms with Crippen LogP contribution in [0, 0.1) is 0 Å². The van der Waals surface area contributed by atoms with Gasteiger partial charge in [0.1, 0.15) is 11.4 Å². The standard InChI is InChI=1S/C13H18BrNO3/c1-13(2,17)12(16)15(3)8-9-5-6-11(18-4)10(14)7-9/h5-7,17H,8H2,1-4H3. The quantitative estimate of drug-likeness (QED) is 0.926. The predicted octanol–water partition coefficient (Wildman–Crippen LogP) is 2.19. The van der Waals surface area contributed by atoms with Crippen molar-refractivity contribution in [2.24, 2.45) is 0 Å². The van der Waals surface area contributed by atoms with Crippen molar-refractivity contribution in [3.63, 3.8) is 0 Å². The number of carbonyl (C=O) groups is 1. The summed E-state index contributed by atoms with van der Waals surface area (Å²) in [5.41, 5.74) is -0.388. The molecule has 0 aliphatic rings. The van der Waals surface area contributed by atoms with Crippen LogP contribution in [0.25, 0.3) is 0 Å². The molecule has 5 heteroatoms. The number of hydrogen-bond acceptors (Lipinski definition) is 3. The number of nitrogens with zero attached hydrogens (tertiary/aromatic N) is 1. The van der Waals surface area contributed by atoms with Crippen molar-refractivity contribution in [1.82, 2.24) is 4.90 Å². The Morgan fingerprint density at radius 3 is 2.56 bits per heavy atom. The van der Waals surface area contributed by atoms with Crippen LogP contribution in [0.5, 0.6) is 5.75 Å². The van der Waals surface area contributed by atoms with E-state index in [-0.39, 0.29) is 5.91 Å². The molecule has 1 aromatic rings. The number of hydrogen-bond donors (Lipinski definition) is 1. The van der Waals surface area contributed by atoms with E-state index >= 15 is 0 Å². The molecule has 1 N–H and O–H groups in total. The molecule has 1 aromatic carbocycles. The fourth-order valence-corrected chi connectivity index (χ4v) is 2.21. The SMILES string of the molecule is COc1ccc(CN(C)C(=O)C(C)(C)O)cc1Br. The Hall–Kier alpha value is -1.07. The molecule has 0 saturated carbocycles. The summed E-state index contributed by atoms with van der Waals surface area (Å²) in [6, 6.07) is 5.62. The second kappa shape index (κ2) is 5.71. The summed E-state index contributed by atoms with van der Waals surface area (Å²) in [4.78, 5) is 13.3. The molecule has 0 saturated heterocycles. The molecule has 4 nitrogen and oxygen atoms in total. The Kier molecular flexibility index (Phi) is 4.76. The van der Waals surface area contributed by atoms with E-state index in [9.17, 15) is 9.90 Å². The minimum absolute atomic E-state index is 0.311. The fraction of sp³-hybridized carbons (Fsp3) is 0.462. The molecule has 0 heterocycles. The summed E-state index contributed by atoms with van der Waals surface area (Å²) >= 11 is 3.40. The number of ether oxygens (including phenoxy) is 1. The normalized spacial score (nSPS) is 11.2. The molecule has 0 bridgehead atoms. The molecule has 1 amide bonds. The number of halogens is 1. The maximum Gasteiger partial charge on any atom is 0.253 e. The van der Waals surface area contributed by atoms with Crippen LogP contribution in [0.15, 0.2) is 22.7 Å². The van der Waals surface area contributed by atoms with Gasteiger partial charge >= 0.3 is 0 Å². The molecule has 0 atom stereocenters. The van der Waals surface area contributed by atoms with Crippen molar-refractivity contribution in [2.75, 3.05) is 14.2 Å². The number of benzene rings is 1. The maximum atomic E-state index is 11.8. The number of likely N-dealkylation sites (N-methyl/N-ethyl adjacent to an activating group) is 1. The second-order valence-corrected chi connectivity index (χ2v) is 5.54. The zero-order valence-electron chi connectivity index (χ0n) is 11.0. The topological polar surface area (TPSA) is 49.8 Å². The van der Waals surface area contributed by atoms with E-state index in [0.717, 1.165) is 15.8 Å². The van der Waals surface area contributed by atoms with Crippen LogP contribution in [0.4, 0.5) is 0 Å². The zero-order valence-corrected chi connectivity index (χ0v) is 12.6. The summed E-state index contributed by atoms with van der Waals surface area (Å²) in [6.07, 6.45) is 0. The van der Waals surface area contributed by atoms with Gasteiger partial charge in [-0.05, 0) is 47.5 Å². The summed E-state index contributed by atoms with van der Waals surface area (Å²) in [6.45, 7) is 3.40. The van der Waals surface area contributed by atoms with Gasteiger partial charge in [-0.15, -0.1) is 0 Å². The lowest BCUT2D eigenvalue weighted by molar-refractivity contribution is -0.146. The monoisotopic (exact) mass is 315 g/mol. The van der Waals surface area contributed by atoms with Gasteiger partial charge in [0.2, 0.25) is 0 Å². The highest BCUT2D eigenvalue weighted by Gasteiger charge is 2.27. The highest BCUT2D eigenvalue weighted by molar-refractivity contribution is 9.10. The largest absolute Gasteiger partial charge is 0.496 e. The minimum Gasteiger partial charge on any atom is -0.496 e. The summed E-state index contributed by atoms with van der Waals surface area (Å²) in [7, 11) is 3.27. The van der Waals surface area contributed by atoms with Gasteiger partial charge in [-0.25, -0.2) is 0 Å². The molecule has 0 fully saturated rings. The smallest absolute Gasteiger partial charge is 0.253 e. The lowest BCUT2D eigenvalue weighted by Crippen LogP contribution is -2.42. The molecule has 0 aromatic heterocycles. The van der Waals surface area contributed by atoms with Crippen LogP contribution in [0.2, 0.25) is 0 Å². The van der Waals surface area contributed by atoms with Crippen molar-refractivity contribution >= 4 is 21.8 Å². The summed E-state index contributed by atoms with van der Waals surface area (Å²) in [5.74, 6) is 0.435. The number of carbonyl (C=O) groups excluding carboxylic acids is 1. The zero-order chi connectivity index (χ0) is 13.9. The van der Waals surface area contributed by atoms with Gasteiger partial charge in [-0.3, -0.25) is 4.79 Å². The number of rotatable bonds is 4. The first-order valence-corrected chi connectivity index (χ1v) is 6.35. The Balaban J connectivity index is 2.80. The highest BCUT2D eigenvalue weighted by atomic mass is 79.9. The van der Waals surface area contributed by atoms with E-state index in [4.69, 9.17) is 4.74 Å². The molecule has 18 heavy (non-hydrogen) atoms. The molecule has 100 valence electrons. The van der Waals surface area contributed by atoms with E-state index in [0.29, 0.717) is 6.54 Å². The van der Waals surface area contributed by atoms with Crippen LogP contribution in [0.1, 0.15) is 19.4 Å². The maximum absolute atomic E-state index is 11.8. The number of aliphatic hydroxyl groups is 1. The third kappa shape index (κ3) is 3.71. The lowest BCUT2D eigenvalue weighted by atomic mass is 10.1. The highest BCUT2D eigenvalue weighted by Crippen LogP contribution is 2.26. The van der Waals surface area contributed by atoms with Gasteiger partial charge in [-0.1, -0.05) is 6.07 Å². The molecule has 0 aliphatic heterocycles. The molecular formula is C13H18BrNO3. The Bertz CT molecular complexity index is 440. The molecule has 0 radical (unpaired) electrons. The average molecular weight is 316 g/mol. The Morgan fingerprint density at radius 1 is 1.50 bits per heavy atom. The third-order valence-corrected chi connectivity index (χ3v) is 3.13. The first kappa shape index (κ1) is 15.0. The average Bonchev–Trinajstić information content (AvgIpc) is 2.27. The van der Waals surface area contributed by atoms with E-state index < -0.39 is 5.60 Å². The van der Waals surface area contributed by atoms with E-state index in [1.54, 1.807) is 14.2 Å². The van der Waals surface area contributed by atoms with Gasteiger partial charge in [-0.2, -0.15) is 0 Å². The molecular weight excluding hydrogens is 298 g/mol. The number of methoxy groups -OCH3 is 1. The first-order valence-electron chi connectivity index (χ1n) is 5.56. The number of amides is 1. The van der Waals surface area contributed by atoms with Crippen molar-refractivity contribution in [3.05, 3.63) is 28.2 Å². The third-order valence-electron chi connectivity index (χ3n) is 2.51. The summed E-state index contributed by atoms with van der Waals surface area (Å²) < 4.78 is 5.98.